The van der Waals surface area contributed by atoms with Crippen LogP contribution in [0, 0.1) is 0 Å². The molecule has 0 aromatic heterocycles. The van der Waals surface area contributed by atoms with Gasteiger partial charge in [-0.2, -0.15) is 13.1 Å². The summed E-state index contributed by atoms with van der Waals surface area (Å²) in [6, 6.07) is 8.74. The van der Waals surface area contributed by atoms with Gasteiger partial charge in [-0.25, -0.2) is 0 Å². The number of anilines is 1. The molecule has 0 saturated carbocycles. The topological polar surface area (TPSA) is 58.2 Å². The molecule has 1 aromatic carbocycles. The molecule has 0 fully saturated rings. The molecule has 2 N–H and O–H groups in total. The van der Waals surface area contributed by atoms with Gasteiger partial charge in [0.2, 0.25) is 0 Å². The summed E-state index contributed by atoms with van der Waals surface area (Å²) in [7, 11) is -3.38. The molecule has 0 unspecified atom stereocenters. The van der Waals surface area contributed by atoms with Gasteiger partial charge in [0.25, 0.3) is 10.2 Å². The average molecular weight is 204 g/mol. The van der Waals surface area contributed by atoms with Crippen molar-refractivity contribution in [3.8, 4) is 0 Å². The molecule has 0 spiro atoms. The van der Waals surface area contributed by atoms with E-state index in [-0.39, 0.29) is 2.85 Å². The SMILES string of the molecule is CCNS(=O)(=O)Nc1ccccc1.[HH].[HH]. The summed E-state index contributed by atoms with van der Waals surface area (Å²) in [6.45, 7) is 2.10. The Kier molecular flexibility index (Phi) is 3.27. The first-order chi connectivity index (χ1) is 6.14. The summed E-state index contributed by atoms with van der Waals surface area (Å²) in [5, 5.41) is 0. The Hall–Kier alpha value is -1.07. The first-order valence-electron chi connectivity index (χ1n) is 3.96. The van der Waals surface area contributed by atoms with Crippen molar-refractivity contribution in [3.05, 3.63) is 30.3 Å². The first-order valence-corrected chi connectivity index (χ1v) is 5.45. The zero-order valence-corrected chi connectivity index (χ0v) is 8.14. The Balaban J connectivity index is 0. The second kappa shape index (κ2) is 4.25. The predicted octanol–water partition coefficient (Wildman–Crippen LogP) is 1.44. The molecule has 0 bridgehead atoms. The van der Waals surface area contributed by atoms with E-state index in [0.717, 1.165) is 0 Å². The number of para-hydroxylation sites is 1. The van der Waals surface area contributed by atoms with Crippen molar-refractivity contribution in [2.24, 2.45) is 0 Å². The van der Waals surface area contributed by atoms with Crippen LogP contribution in [0.4, 0.5) is 5.69 Å². The van der Waals surface area contributed by atoms with Crippen LogP contribution >= 0.6 is 0 Å². The predicted molar refractivity (Wildman–Crippen MR) is 56.9 cm³/mol. The molecule has 0 amide bonds. The molecule has 0 radical (unpaired) electrons. The van der Waals surface area contributed by atoms with Crippen molar-refractivity contribution >= 4 is 15.9 Å². The van der Waals surface area contributed by atoms with E-state index in [1.807, 2.05) is 6.07 Å². The van der Waals surface area contributed by atoms with Crippen LogP contribution in [0.15, 0.2) is 30.3 Å². The highest BCUT2D eigenvalue weighted by atomic mass is 32.2. The highest BCUT2D eigenvalue weighted by molar-refractivity contribution is 7.90. The van der Waals surface area contributed by atoms with Gasteiger partial charge in [0.15, 0.2) is 0 Å². The monoisotopic (exact) mass is 204 g/mol. The number of nitrogens with one attached hydrogen (secondary N) is 2. The third-order valence-corrected chi connectivity index (χ3v) is 2.53. The van der Waals surface area contributed by atoms with E-state index in [1.54, 1.807) is 31.2 Å². The zero-order chi connectivity index (χ0) is 9.73. The fourth-order valence-corrected chi connectivity index (χ4v) is 1.79. The smallest absolute Gasteiger partial charge is 0.271 e. The van der Waals surface area contributed by atoms with Crippen LogP contribution < -0.4 is 9.44 Å². The lowest BCUT2D eigenvalue weighted by atomic mass is 10.3. The quantitative estimate of drug-likeness (QED) is 0.779. The molecule has 13 heavy (non-hydrogen) atoms. The highest BCUT2D eigenvalue weighted by Crippen LogP contribution is 2.05. The van der Waals surface area contributed by atoms with Crippen molar-refractivity contribution < 1.29 is 11.3 Å². The summed E-state index contributed by atoms with van der Waals surface area (Å²) in [5.41, 5.74) is 0.559. The lowest BCUT2D eigenvalue weighted by molar-refractivity contribution is 0.589. The summed E-state index contributed by atoms with van der Waals surface area (Å²) in [6.07, 6.45) is 0. The highest BCUT2D eigenvalue weighted by Gasteiger charge is 2.05. The first kappa shape index (κ1) is 10.0. The Labute approximate surface area is 81.1 Å². The van der Waals surface area contributed by atoms with E-state index >= 15 is 0 Å². The molecule has 0 aliphatic heterocycles. The van der Waals surface area contributed by atoms with Crippen molar-refractivity contribution in [2.45, 2.75) is 6.92 Å². The maximum atomic E-state index is 11.2. The molecular weight excluding hydrogens is 188 g/mol. The second-order valence-corrected chi connectivity index (χ2v) is 3.97. The third kappa shape index (κ3) is 3.43. The van der Waals surface area contributed by atoms with Gasteiger partial charge in [0.1, 0.15) is 0 Å². The second-order valence-electron chi connectivity index (χ2n) is 2.47. The van der Waals surface area contributed by atoms with Crippen LogP contribution in [0.5, 0.6) is 0 Å². The molecule has 1 rings (SSSR count). The molecule has 5 heteroatoms. The number of hydrogen-bond acceptors (Lipinski definition) is 2. The van der Waals surface area contributed by atoms with Crippen LogP contribution in [0.2, 0.25) is 0 Å². The molecule has 0 aliphatic rings. The Morgan fingerprint density at radius 2 is 1.92 bits per heavy atom. The summed E-state index contributed by atoms with van der Waals surface area (Å²) in [5.74, 6) is 0. The van der Waals surface area contributed by atoms with Crippen molar-refractivity contribution in [3.63, 3.8) is 0 Å². The molecule has 0 saturated heterocycles. The van der Waals surface area contributed by atoms with E-state index < -0.39 is 10.2 Å². The van der Waals surface area contributed by atoms with Gasteiger partial charge < -0.3 is 0 Å². The van der Waals surface area contributed by atoms with Crippen molar-refractivity contribution in [1.29, 1.82) is 0 Å². The van der Waals surface area contributed by atoms with Crippen LogP contribution in [0.25, 0.3) is 0 Å². The van der Waals surface area contributed by atoms with Crippen LogP contribution in [0.1, 0.15) is 9.78 Å². The van der Waals surface area contributed by atoms with Crippen molar-refractivity contribution in [1.82, 2.24) is 4.72 Å². The lowest BCUT2D eigenvalue weighted by Gasteiger charge is -2.06. The largest absolute Gasteiger partial charge is 0.299 e. The molecule has 0 heterocycles. The third-order valence-electron chi connectivity index (χ3n) is 1.36. The Morgan fingerprint density at radius 3 is 2.46 bits per heavy atom. The number of rotatable bonds is 4. The lowest BCUT2D eigenvalue weighted by Crippen LogP contribution is -2.29. The molecule has 1 aromatic rings. The van der Waals surface area contributed by atoms with E-state index in [1.165, 1.54) is 0 Å². The molecule has 4 nitrogen and oxygen atoms in total. The van der Waals surface area contributed by atoms with Gasteiger partial charge in [-0.1, -0.05) is 25.1 Å². The molecular formula is C8H16N2O2S. The van der Waals surface area contributed by atoms with E-state index in [2.05, 4.69) is 9.44 Å². The van der Waals surface area contributed by atoms with Crippen LogP contribution in [-0.4, -0.2) is 15.0 Å². The maximum Gasteiger partial charge on any atom is 0.299 e. The van der Waals surface area contributed by atoms with E-state index in [0.29, 0.717) is 12.2 Å². The number of hydrogen-bond donors (Lipinski definition) is 2. The standard InChI is InChI=1S/C8H12N2O2S.2H2/c1-2-9-13(11,12)10-8-6-4-3-5-7-8;;/h3-7,9-10H,2H2,1H3;2*1H. The minimum atomic E-state index is -3.38. The molecule has 76 valence electrons. The molecule has 0 atom stereocenters. The van der Waals surface area contributed by atoms with Gasteiger partial charge in [-0.15, -0.1) is 0 Å². The van der Waals surface area contributed by atoms with E-state index in [4.69, 9.17) is 0 Å². The minimum absolute atomic E-state index is 0. The summed E-state index contributed by atoms with van der Waals surface area (Å²) >= 11 is 0. The van der Waals surface area contributed by atoms with Gasteiger partial charge in [0, 0.05) is 15.1 Å². The normalized spacial score (nSPS) is 11.2. The Bertz CT molecular complexity index is 356. The van der Waals surface area contributed by atoms with E-state index in [9.17, 15) is 8.42 Å². The van der Waals surface area contributed by atoms with Gasteiger partial charge in [0.05, 0.1) is 0 Å². The maximum absolute atomic E-state index is 11.2. The van der Waals surface area contributed by atoms with Gasteiger partial charge >= 0.3 is 0 Å². The Morgan fingerprint density at radius 1 is 1.31 bits per heavy atom. The number of benzene rings is 1. The van der Waals surface area contributed by atoms with Crippen molar-refractivity contribution in [2.75, 3.05) is 11.3 Å². The van der Waals surface area contributed by atoms with Gasteiger partial charge in [-0.3, -0.25) is 4.72 Å². The fraction of sp³-hybridized carbons (Fsp3) is 0.250. The summed E-state index contributed by atoms with van der Waals surface area (Å²) < 4.78 is 27.1. The summed E-state index contributed by atoms with van der Waals surface area (Å²) in [4.78, 5) is 0. The van der Waals surface area contributed by atoms with Crippen LogP contribution in [0.3, 0.4) is 0 Å². The van der Waals surface area contributed by atoms with Gasteiger partial charge in [-0.05, 0) is 12.1 Å². The minimum Gasteiger partial charge on any atom is -0.271 e. The molecule has 0 aliphatic carbocycles. The zero-order valence-electron chi connectivity index (χ0n) is 7.32. The average Bonchev–Trinajstić information content (AvgIpc) is 2.04. The fourth-order valence-electron chi connectivity index (χ4n) is 0.887. The van der Waals surface area contributed by atoms with Crippen LogP contribution in [-0.2, 0) is 10.2 Å².